The maximum atomic E-state index is 12.4. The van der Waals surface area contributed by atoms with Gasteiger partial charge in [-0.15, -0.1) is 10.2 Å². The first-order valence-corrected chi connectivity index (χ1v) is 7.22. The van der Waals surface area contributed by atoms with Crippen molar-refractivity contribution in [3.63, 3.8) is 0 Å². The Balaban J connectivity index is 1.80. The number of nitrogens with zero attached hydrogens (tertiary/aromatic N) is 4. The van der Waals surface area contributed by atoms with Gasteiger partial charge in [-0.1, -0.05) is 0 Å². The minimum Gasteiger partial charge on any atom is -0.347 e. The molecule has 8 nitrogen and oxygen atoms in total. The molecule has 3 heterocycles. The van der Waals surface area contributed by atoms with E-state index in [4.69, 9.17) is 0 Å². The molecule has 3 rings (SSSR count). The molecular weight excluding hydrogens is 284 g/mol. The number of hydrogen-bond acceptors (Lipinski definition) is 5. The summed E-state index contributed by atoms with van der Waals surface area (Å²) in [5.74, 6) is 1.42. The van der Waals surface area contributed by atoms with Crippen molar-refractivity contribution in [1.82, 2.24) is 30.3 Å². The zero-order chi connectivity index (χ0) is 15.9. The van der Waals surface area contributed by atoms with Crippen molar-refractivity contribution in [2.75, 3.05) is 0 Å². The Morgan fingerprint density at radius 2 is 2.09 bits per heavy atom. The molecule has 0 radical (unpaired) electrons. The Kier molecular flexibility index (Phi) is 3.51. The van der Waals surface area contributed by atoms with Crippen LogP contribution >= 0.6 is 0 Å². The minimum absolute atomic E-state index is 0.0398. The first kappa shape index (κ1) is 14.4. The molecule has 2 aromatic rings. The Labute approximate surface area is 127 Å². The summed E-state index contributed by atoms with van der Waals surface area (Å²) in [5.41, 5.74) is 0.930. The number of aromatic amines is 1. The van der Waals surface area contributed by atoms with Crippen molar-refractivity contribution in [3.05, 3.63) is 38.8 Å². The molecule has 2 aromatic heterocycles. The Morgan fingerprint density at radius 3 is 2.86 bits per heavy atom. The number of carbonyl (C=O) groups is 1. The first-order valence-electron chi connectivity index (χ1n) is 7.22. The summed E-state index contributed by atoms with van der Waals surface area (Å²) >= 11 is 0. The molecule has 1 amide bonds. The number of carbonyl (C=O) groups excluding carboxylic acids is 1. The molecule has 8 heteroatoms. The van der Waals surface area contributed by atoms with E-state index >= 15 is 0 Å². The zero-order valence-electron chi connectivity index (χ0n) is 12.8. The second kappa shape index (κ2) is 5.36. The lowest BCUT2D eigenvalue weighted by molar-refractivity contribution is 0.0924. The van der Waals surface area contributed by atoms with Crippen LogP contribution in [-0.4, -0.2) is 36.9 Å². The van der Waals surface area contributed by atoms with Gasteiger partial charge in [-0.2, -0.15) is 5.10 Å². The fourth-order valence-electron chi connectivity index (χ4n) is 2.74. The number of aromatic nitrogens is 5. The van der Waals surface area contributed by atoms with Crippen molar-refractivity contribution in [2.24, 2.45) is 0 Å². The van der Waals surface area contributed by atoms with Gasteiger partial charge in [0.25, 0.3) is 11.5 Å². The molecular formula is C14H18N6O2. The molecule has 0 spiro atoms. The average Bonchev–Trinajstić information content (AvgIpc) is 2.85. The predicted molar refractivity (Wildman–Crippen MR) is 78.7 cm³/mol. The molecule has 0 unspecified atom stereocenters. The van der Waals surface area contributed by atoms with Crippen LogP contribution in [0.3, 0.4) is 0 Å². The van der Waals surface area contributed by atoms with Crippen LogP contribution in [0.4, 0.5) is 0 Å². The highest BCUT2D eigenvalue weighted by molar-refractivity contribution is 5.95. The van der Waals surface area contributed by atoms with E-state index in [2.05, 4.69) is 25.7 Å². The van der Waals surface area contributed by atoms with Gasteiger partial charge in [0.05, 0.1) is 5.69 Å². The van der Waals surface area contributed by atoms with Crippen LogP contribution in [0.2, 0.25) is 0 Å². The van der Waals surface area contributed by atoms with Gasteiger partial charge in [-0.25, -0.2) is 5.10 Å². The number of fused-ring (bicyclic) bond motifs is 1. The van der Waals surface area contributed by atoms with E-state index in [-0.39, 0.29) is 17.5 Å². The summed E-state index contributed by atoms with van der Waals surface area (Å²) in [6.45, 7) is 6.01. The monoisotopic (exact) mass is 302 g/mol. The summed E-state index contributed by atoms with van der Waals surface area (Å²) in [6, 6.07) is -0.0398. The molecule has 0 aromatic carbocycles. The van der Waals surface area contributed by atoms with Crippen molar-refractivity contribution >= 4 is 5.91 Å². The molecule has 2 N–H and O–H groups in total. The van der Waals surface area contributed by atoms with Gasteiger partial charge in [-0.05, 0) is 32.8 Å². The SMILES string of the molecule is Cc1n[nH]c(=O)c(C(=O)N[C@@H]2CCc3nnc(C)n3C2)c1C. The lowest BCUT2D eigenvalue weighted by atomic mass is 10.1. The Bertz CT molecular complexity index is 791. The summed E-state index contributed by atoms with van der Waals surface area (Å²) in [6.07, 6.45) is 1.54. The molecule has 0 fully saturated rings. The molecule has 1 atom stereocenters. The van der Waals surface area contributed by atoms with Gasteiger partial charge >= 0.3 is 0 Å². The highest BCUT2D eigenvalue weighted by atomic mass is 16.2. The first-order chi connectivity index (χ1) is 10.5. The highest BCUT2D eigenvalue weighted by Gasteiger charge is 2.25. The van der Waals surface area contributed by atoms with Crippen LogP contribution in [0.15, 0.2) is 4.79 Å². The molecule has 22 heavy (non-hydrogen) atoms. The minimum atomic E-state index is -0.461. The van der Waals surface area contributed by atoms with E-state index in [0.717, 1.165) is 24.5 Å². The lowest BCUT2D eigenvalue weighted by Gasteiger charge is -2.25. The summed E-state index contributed by atoms with van der Waals surface area (Å²) in [4.78, 5) is 24.3. The van der Waals surface area contributed by atoms with Crippen LogP contribution in [0.25, 0.3) is 0 Å². The normalized spacial score (nSPS) is 17.1. The number of nitrogens with one attached hydrogen (secondary N) is 2. The summed E-state index contributed by atoms with van der Waals surface area (Å²) in [7, 11) is 0. The number of rotatable bonds is 2. The van der Waals surface area contributed by atoms with Crippen LogP contribution in [0.1, 0.15) is 39.7 Å². The van der Waals surface area contributed by atoms with Crippen molar-refractivity contribution in [1.29, 1.82) is 0 Å². The fraction of sp³-hybridized carbons (Fsp3) is 0.500. The van der Waals surface area contributed by atoms with Crippen LogP contribution in [-0.2, 0) is 13.0 Å². The maximum Gasteiger partial charge on any atom is 0.277 e. The number of hydrogen-bond donors (Lipinski definition) is 2. The van der Waals surface area contributed by atoms with Gasteiger partial charge in [0.1, 0.15) is 17.2 Å². The smallest absolute Gasteiger partial charge is 0.277 e. The van der Waals surface area contributed by atoms with Crippen LogP contribution < -0.4 is 10.9 Å². The van der Waals surface area contributed by atoms with Gasteiger partial charge < -0.3 is 9.88 Å². The van der Waals surface area contributed by atoms with Gasteiger partial charge in [0.15, 0.2) is 0 Å². The largest absolute Gasteiger partial charge is 0.347 e. The predicted octanol–water partition coefficient (Wildman–Crippen LogP) is 0.0315. The molecule has 0 bridgehead atoms. The molecule has 0 aliphatic carbocycles. The average molecular weight is 302 g/mol. The number of aryl methyl sites for hydroxylation is 3. The van der Waals surface area contributed by atoms with Crippen molar-refractivity contribution in [2.45, 2.75) is 46.2 Å². The van der Waals surface area contributed by atoms with Gasteiger partial charge in [-0.3, -0.25) is 9.59 Å². The maximum absolute atomic E-state index is 12.4. The third-order valence-electron chi connectivity index (χ3n) is 4.16. The molecule has 1 aliphatic heterocycles. The third kappa shape index (κ3) is 2.40. The third-order valence-corrected chi connectivity index (χ3v) is 4.16. The molecule has 0 saturated carbocycles. The van der Waals surface area contributed by atoms with Crippen LogP contribution in [0.5, 0.6) is 0 Å². The van der Waals surface area contributed by atoms with E-state index in [0.29, 0.717) is 17.8 Å². The van der Waals surface area contributed by atoms with Crippen molar-refractivity contribution < 1.29 is 4.79 Å². The Hall–Kier alpha value is -2.51. The standard InChI is InChI=1S/C14H18N6O2/c1-7-8(2)16-19-14(22)12(7)13(21)15-10-4-5-11-18-17-9(3)20(11)6-10/h10H,4-6H2,1-3H3,(H,15,21)(H,19,22)/t10-/m1/s1. The van der Waals surface area contributed by atoms with E-state index in [9.17, 15) is 9.59 Å². The fourth-order valence-corrected chi connectivity index (χ4v) is 2.74. The highest BCUT2D eigenvalue weighted by Crippen LogP contribution is 2.15. The molecule has 0 saturated heterocycles. The molecule has 1 aliphatic rings. The molecule has 116 valence electrons. The second-order valence-corrected chi connectivity index (χ2v) is 5.62. The second-order valence-electron chi connectivity index (χ2n) is 5.62. The van der Waals surface area contributed by atoms with E-state index < -0.39 is 5.56 Å². The quantitative estimate of drug-likeness (QED) is 0.814. The summed E-state index contributed by atoms with van der Waals surface area (Å²) < 4.78 is 2.00. The number of H-pyrrole nitrogens is 1. The topological polar surface area (TPSA) is 106 Å². The van der Waals surface area contributed by atoms with E-state index in [1.54, 1.807) is 13.8 Å². The van der Waals surface area contributed by atoms with Gasteiger partial charge in [0.2, 0.25) is 0 Å². The Morgan fingerprint density at radius 1 is 1.32 bits per heavy atom. The number of amides is 1. The van der Waals surface area contributed by atoms with Crippen molar-refractivity contribution in [3.8, 4) is 0 Å². The van der Waals surface area contributed by atoms with Crippen LogP contribution in [0, 0.1) is 20.8 Å². The van der Waals surface area contributed by atoms with E-state index in [1.807, 2.05) is 11.5 Å². The lowest BCUT2D eigenvalue weighted by Crippen LogP contribution is -2.43. The van der Waals surface area contributed by atoms with Gasteiger partial charge in [0, 0.05) is 19.0 Å². The zero-order valence-corrected chi connectivity index (χ0v) is 12.8. The van der Waals surface area contributed by atoms with E-state index in [1.165, 1.54) is 0 Å². The summed E-state index contributed by atoms with van der Waals surface area (Å²) in [5, 5.41) is 17.3.